The lowest BCUT2D eigenvalue weighted by Gasteiger charge is -2.48. The van der Waals surface area contributed by atoms with Crippen LogP contribution in [-0.2, 0) is 11.3 Å². The summed E-state index contributed by atoms with van der Waals surface area (Å²) in [5.74, 6) is 0.855. The smallest absolute Gasteiger partial charge is 0.191 e. The molecule has 0 atom stereocenters. The van der Waals surface area contributed by atoms with E-state index >= 15 is 0 Å². The Morgan fingerprint density at radius 1 is 1.10 bits per heavy atom. The quantitative estimate of drug-likeness (QED) is 0.559. The van der Waals surface area contributed by atoms with Gasteiger partial charge in [0.15, 0.2) is 5.96 Å². The first kappa shape index (κ1) is 20.8. The maximum absolute atomic E-state index is 5.59. The van der Waals surface area contributed by atoms with Crippen LogP contribution in [0.25, 0.3) is 5.69 Å². The van der Waals surface area contributed by atoms with Gasteiger partial charge in [-0.3, -0.25) is 9.89 Å². The first-order valence-corrected chi connectivity index (χ1v) is 11.0. The van der Waals surface area contributed by atoms with E-state index in [0.717, 1.165) is 51.0 Å². The van der Waals surface area contributed by atoms with Gasteiger partial charge < -0.3 is 15.4 Å². The van der Waals surface area contributed by atoms with E-state index in [4.69, 9.17) is 4.74 Å². The van der Waals surface area contributed by atoms with Gasteiger partial charge in [-0.25, -0.2) is 9.67 Å². The second kappa shape index (κ2) is 10.0. The zero-order chi connectivity index (χ0) is 20.7. The summed E-state index contributed by atoms with van der Waals surface area (Å²) in [6, 6.07) is 8.32. The molecular formula is C22H33N7O. The molecule has 1 aliphatic carbocycles. The molecule has 8 heteroatoms. The molecule has 4 rings (SSSR count). The summed E-state index contributed by atoms with van der Waals surface area (Å²) in [5.41, 5.74) is 2.42. The summed E-state index contributed by atoms with van der Waals surface area (Å²) in [6.07, 6.45) is 9.72. The van der Waals surface area contributed by atoms with E-state index in [2.05, 4.69) is 54.9 Å². The van der Waals surface area contributed by atoms with E-state index < -0.39 is 0 Å². The molecule has 1 aromatic heterocycles. The molecule has 2 fully saturated rings. The van der Waals surface area contributed by atoms with E-state index in [1.807, 2.05) is 7.05 Å². The van der Waals surface area contributed by atoms with Gasteiger partial charge in [-0.05, 0) is 30.5 Å². The highest BCUT2D eigenvalue weighted by molar-refractivity contribution is 5.79. The molecule has 2 heterocycles. The maximum Gasteiger partial charge on any atom is 0.191 e. The normalized spacial score (nSPS) is 20.1. The van der Waals surface area contributed by atoms with Crippen LogP contribution in [0.2, 0.25) is 0 Å². The Morgan fingerprint density at radius 3 is 2.53 bits per heavy atom. The number of hydrogen-bond donors (Lipinski definition) is 2. The van der Waals surface area contributed by atoms with Crippen LogP contribution in [0.1, 0.15) is 37.7 Å². The number of hydrogen-bond acceptors (Lipinski definition) is 5. The van der Waals surface area contributed by atoms with Crippen molar-refractivity contribution in [3.63, 3.8) is 0 Å². The molecule has 0 radical (unpaired) electrons. The molecule has 1 aliphatic heterocycles. The second-order valence-electron chi connectivity index (χ2n) is 8.17. The minimum Gasteiger partial charge on any atom is -0.379 e. The lowest BCUT2D eigenvalue weighted by Crippen LogP contribution is -2.60. The largest absolute Gasteiger partial charge is 0.379 e. The summed E-state index contributed by atoms with van der Waals surface area (Å²) in [4.78, 5) is 11.1. The number of rotatable bonds is 6. The fourth-order valence-corrected chi connectivity index (χ4v) is 4.62. The summed E-state index contributed by atoms with van der Waals surface area (Å²) >= 11 is 0. The zero-order valence-corrected chi connectivity index (χ0v) is 17.9. The molecule has 1 saturated carbocycles. The molecular weight excluding hydrogens is 378 g/mol. The molecule has 0 spiro atoms. The summed E-state index contributed by atoms with van der Waals surface area (Å²) in [7, 11) is 1.84. The predicted molar refractivity (Wildman–Crippen MR) is 118 cm³/mol. The fourth-order valence-electron chi connectivity index (χ4n) is 4.62. The van der Waals surface area contributed by atoms with Crippen molar-refractivity contribution >= 4 is 5.96 Å². The van der Waals surface area contributed by atoms with E-state index in [0.29, 0.717) is 0 Å². The lowest BCUT2D eigenvalue weighted by molar-refractivity contribution is -0.0352. The Labute approximate surface area is 178 Å². The highest BCUT2D eigenvalue weighted by Crippen LogP contribution is 2.33. The van der Waals surface area contributed by atoms with Gasteiger partial charge in [-0.2, -0.15) is 5.10 Å². The van der Waals surface area contributed by atoms with Crippen LogP contribution in [-0.4, -0.2) is 71.1 Å². The van der Waals surface area contributed by atoms with Crippen molar-refractivity contribution < 1.29 is 4.74 Å². The Hall–Kier alpha value is -2.45. The number of morpholine rings is 1. The SMILES string of the molecule is CN=C(NCc1ccc(-n2cncn2)cc1)NCC1(N2CCOCC2)CCCCC1. The van der Waals surface area contributed by atoms with Gasteiger partial charge in [0.05, 0.1) is 18.9 Å². The van der Waals surface area contributed by atoms with E-state index in [1.54, 1.807) is 17.3 Å². The van der Waals surface area contributed by atoms with Crippen molar-refractivity contribution in [2.24, 2.45) is 4.99 Å². The Balaban J connectivity index is 1.32. The van der Waals surface area contributed by atoms with Crippen molar-refractivity contribution in [3.8, 4) is 5.69 Å². The van der Waals surface area contributed by atoms with Gasteiger partial charge >= 0.3 is 0 Å². The minimum atomic E-state index is 0.221. The molecule has 162 valence electrons. The molecule has 0 unspecified atom stereocenters. The van der Waals surface area contributed by atoms with Crippen molar-refractivity contribution in [2.45, 2.75) is 44.2 Å². The number of benzene rings is 1. The van der Waals surface area contributed by atoms with Gasteiger partial charge in [0.2, 0.25) is 0 Å². The Morgan fingerprint density at radius 2 is 1.87 bits per heavy atom. The fraction of sp³-hybridized carbons (Fsp3) is 0.591. The van der Waals surface area contributed by atoms with Crippen LogP contribution >= 0.6 is 0 Å². The van der Waals surface area contributed by atoms with Crippen LogP contribution in [0.3, 0.4) is 0 Å². The molecule has 1 saturated heterocycles. The van der Waals surface area contributed by atoms with Gasteiger partial charge in [-0.1, -0.05) is 31.4 Å². The molecule has 1 aromatic carbocycles. The average molecular weight is 412 g/mol. The summed E-state index contributed by atoms with van der Waals surface area (Å²) < 4.78 is 7.35. The second-order valence-corrected chi connectivity index (χ2v) is 8.17. The Kier molecular flexibility index (Phi) is 6.96. The zero-order valence-electron chi connectivity index (χ0n) is 17.9. The lowest BCUT2D eigenvalue weighted by atomic mass is 9.80. The number of nitrogens with zero attached hydrogens (tertiary/aromatic N) is 5. The molecule has 0 amide bonds. The van der Waals surface area contributed by atoms with E-state index in [9.17, 15) is 0 Å². The number of nitrogens with one attached hydrogen (secondary N) is 2. The molecule has 2 aliphatic rings. The van der Waals surface area contributed by atoms with E-state index in [-0.39, 0.29) is 5.54 Å². The van der Waals surface area contributed by atoms with Crippen LogP contribution in [0.4, 0.5) is 0 Å². The third-order valence-corrected chi connectivity index (χ3v) is 6.35. The predicted octanol–water partition coefficient (Wildman–Crippen LogP) is 1.97. The van der Waals surface area contributed by atoms with Crippen LogP contribution < -0.4 is 10.6 Å². The van der Waals surface area contributed by atoms with Gasteiger partial charge in [0, 0.05) is 38.8 Å². The van der Waals surface area contributed by atoms with Crippen molar-refractivity contribution in [2.75, 3.05) is 39.9 Å². The minimum absolute atomic E-state index is 0.221. The third-order valence-electron chi connectivity index (χ3n) is 6.35. The molecule has 0 bridgehead atoms. The van der Waals surface area contributed by atoms with Crippen LogP contribution in [0.15, 0.2) is 41.9 Å². The number of ether oxygens (including phenoxy) is 1. The van der Waals surface area contributed by atoms with Gasteiger partial charge in [0.25, 0.3) is 0 Å². The van der Waals surface area contributed by atoms with Crippen molar-refractivity contribution in [1.82, 2.24) is 30.3 Å². The summed E-state index contributed by atoms with van der Waals surface area (Å²) in [5, 5.41) is 11.2. The molecule has 2 N–H and O–H groups in total. The standard InChI is InChI=1S/C22H33N7O/c1-23-21(25-15-19-5-7-20(8-6-19)29-18-24-17-27-29)26-16-22(9-3-2-4-10-22)28-11-13-30-14-12-28/h5-8,17-18H,2-4,9-16H2,1H3,(H2,23,25,26). The maximum atomic E-state index is 5.59. The summed E-state index contributed by atoms with van der Waals surface area (Å²) in [6.45, 7) is 5.41. The Bertz CT molecular complexity index is 791. The van der Waals surface area contributed by atoms with Crippen LogP contribution in [0.5, 0.6) is 0 Å². The molecule has 2 aromatic rings. The number of aromatic nitrogens is 3. The van der Waals surface area contributed by atoms with Gasteiger partial charge in [-0.15, -0.1) is 0 Å². The number of aliphatic imine (C=N–C) groups is 1. The van der Waals surface area contributed by atoms with Crippen molar-refractivity contribution in [1.29, 1.82) is 0 Å². The third kappa shape index (κ3) is 4.99. The topological polar surface area (TPSA) is 79.6 Å². The van der Waals surface area contributed by atoms with Crippen molar-refractivity contribution in [3.05, 3.63) is 42.5 Å². The van der Waals surface area contributed by atoms with E-state index in [1.165, 1.54) is 37.7 Å². The molecule has 8 nitrogen and oxygen atoms in total. The highest BCUT2D eigenvalue weighted by Gasteiger charge is 2.38. The first-order valence-electron chi connectivity index (χ1n) is 11.0. The molecule has 30 heavy (non-hydrogen) atoms. The highest BCUT2D eigenvalue weighted by atomic mass is 16.5. The monoisotopic (exact) mass is 411 g/mol. The first-order chi connectivity index (χ1) is 14.8. The number of guanidine groups is 1. The van der Waals surface area contributed by atoms with Crippen LogP contribution in [0, 0.1) is 0 Å². The van der Waals surface area contributed by atoms with Gasteiger partial charge in [0.1, 0.15) is 12.7 Å². The average Bonchev–Trinajstić information content (AvgIpc) is 3.36.